The van der Waals surface area contributed by atoms with Gasteiger partial charge in [-0.1, -0.05) is 13.8 Å². The standard InChI is InChI=1S/C12H27N3/c1-4-15(5-2)10-11(3)14-9-12-7-6-8-13-12/h11-14H,4-10H2,1-3H3. The van der Waals surface area contributed by atoms with Crippen molar-refractivity contribution in [1.29, 1.82) is 0 Å². The van der Waals surface area contributed by atoms with Gasteiger partial charge < -0.3 is 15.5 Å². The molecular formula is C12H27N3. The highest BCUT2D eigenvalue weighted by atomic mass is 15.1. The second-order valence-electron chi connectivity index (χ2n) is 4.59. The molecule has 1 saturated heterocycles. The van der Waals surface area contributed by atoms with E-state index in [9.17, 15) is 0 Å². The maximum atomic E-state index is 3.62. The summed E-state index contributed by atoms with van der Waals surface area (Å²) in [4.78, 5) is 2.47. The molecule has 1 aliphatic heterocycles. The van der Waals surface area contributed by atoms with E-state index >= 15 is 0 Å². The minimum Gasteiger partial charge on any atom is -0.313 e. The van der Waals surface area contributed by atoms with E-state index in [1.807, 2.05) is 0 Å². The molecule has 0 spiro atoms. The van der Waals surface area contributed by atoms with Crippen LogP contribution in [0.1, 0.15) is 33.6 Å². The summed E-state index contributed by atoms with van der Waals surface area (Å²) >= 11 is 0. The predicted octanol–water partition coefficient (Wildman–Crippen LogP) is 1.06. The Morgan fingerprint density at radius 3 is 2.67 bits per heavy atom. The molecule has 2 N–H and O–H groups in total. The topological polar surface area (TPSA) is 27.3 Å². The molecule has 1 heterocycles. The number of nitrogens with one attached hydrogen (secondary N) is 2. The van der Waals surface area contributed by atoms with E-state index in [1.54, 1.807) is 0 Å². The van der Waals surface area contributed by atoms with Crippen molar-refractivity contribution in [2.45, 2.75) is 45.7 Å². The van der Waals surface area contributed by atoms with Crippen LogP contribution in [-0.4, -0.2) is 49.7 Å². The van der Waals surface area contributed by atoms with Crippen LogP contribution < -0.4 is 10.6 Å². The fourth-order valence-electron chi connectivity index (χ4n) is 2.21. The molecule has 0 aromatic rings. The van der Waals surface area contributed by atoms with Gasteiger partial charge in [0.15, 0.2) is 0 Å². The van der Waals surface area contributed by atoms with Gasteiger partial charge in [-0.3, -0.25) is 0 Å². The van der Waals surface area contributed by atoms with Gasteiger partial charge in [0.1, 0.15) is 0 Å². The Labute approximate surface area is 94.6 Å². The van der Waals surface area contributed by atoms with Crippen LogP contribution in [0.5, 0.6) is 0 Å². The summed E-state index contributed by atoms with van der Waals surface area (Å²) in [6.07, 6.45) is 2.68. The molecule has 0 aliphatic carbocycles. The Balaban J connectivity index is 2.08. The number of rotatable bonds is 7. The first-order valence-electron chi connectivity index (χ1n) is 6.45. The van der Waals surface area contributed by atoms with E-state index in [2.05, 4.69) is 36.3 Å². The highest BCUT2D eigenvalue weighted by molar-refractivity contribution is 4.78. The van der Waals surface area contributed by atoms with Gasteiger partial charge in [-0.05, 0) is 39.4 Å². The van der Waals surface area contributed by atoms with Crippen molar-refractivity contribution in [3.63, 3.8) is 0 Å². The molecule has 90 valence electrons. The zero-order valence-electron chi connectivity index (χ0n) is 10.6. The second-order valence-corrected chi connectivity index (χ2v) is 4.59. The molecule has 0 aromatic carbocycles. The van der Waals surface area contributed by atoms with Gasteiger partial charge in [-0.25, -0.2) is 0 Å². The van der Waals surface area contributed by atoms with Crippen LogP contribution in [0.15, 0.2) is 0 Å². The molecule has 0 bridgehead atoms. The molecule has 0 aromatic heterocycles. The molecule has 1 aliphatic rings. The number of likely N-dealkylation sites (N-methyl/N-ethyl adjacent to an activating group) is 1. The van der Waals surface area contributed by atoms with Gasteiger partial charge in [-0.2, -0.15) is 0 Å². The fraction of sp³-hybridized carbons (Fsp3) is 1.00. The largest absolute Gasteiger partial charge is 0.313 e. The number of hydrogen-bond acceptors (Lipinski definition) is 3. The molecule has 15 heavy (non-hydrogen) atoms. The molecule has 3 heteroatoms. The van der Waals surface area contributed by atoms with E-state index < -0.39 is 0 Å². The Kier molecular flexibility index (Phi) is 6.22. The zero-order chi connectivity index (χ0) is 11.1. The maximum absolute atomic E-state index is 3.62. The van der Waals surface area contributed by atoms with Crippen LogP contribution in [0.4, 0.5) is 0 Å². The number of hydrogen-bond donors (Lipinski definition) is 2. The Hall–Kier alpha value is -0.120. The lowest BCUT2D eigenvalue weighted by Crippen LogP contribution is -2.43. The molecule has 1 rings (SSSR count). The molecule has 2 atom stereocenters. The van der Waals surface area contributed by atoms with E-state index in [-0.39, 0.29) is 0 Å². The van der Waals surface area contributed by atoms with Crippen LogP contribution in [0.3, 0.4) is 0 Å². The van der Waals surface area contributed by atoms with Gasteiger partial charge >= 0.3 is 0 Å². The van der Waals surface area contributed by atoms with Crippen molar-refractivity contribution >= 4 is 0 Å². The number of nitrogens with zero attached hydrogens (tertiary/aromatic N) is 1. The summed E-state index contributed by atoms with van der Waals surface area (Å²) in [7, 11) is 0. The van der Waals surface area contributed by atoms with E-state index in [0.29, 0.717) is 12.1 Å². The maximum Gasteiger partial charge on any atom is 0.0193 e. The SMILES string of the molecule is CCN(CC)CC(C)NCC1CCCN1. The van der Waals surface area contributed by atoms with Crippen LogP contribution >= 0.6 is 0 Å². The second kappa shape index (κ2) is 7.20. The third kappa shape index (κ3) is 4.96. The summed E-state index contributed by atoms with van der Waals surface area (Å²) < 4.78 is 0. The third-order valence-electron chi connectivity index (χ3n) is 3.30. The quantitative estimate of drug-likeness (QED) is 0.662. The minimum absolute atomic E-state index is 0.604. The van der Waals surface area contributed by atoms with Gasteiger partial charge in [0.05, 0.1) is 0 Å². The van der Waals surface area contributed by atoms with Crippen LogP contribution in [0.25, 0.3) is 0 Å². The van der Waals surface area contributed by atoms with Crippen molar-refractivity contribution in [2.24, 2.45) is 0 Å². The zero-order valence-corrected chi connectivity index (χ0v) is 10.6. The summed E-state index contributed by atoms with van der Waals surface area (Å²) in [5, 5.41) is 7.14. The van der Waals surface area contributed by atoms with Crippen molar-refractivity contribution in [3.8, 4) is 0 Å². The van der Waals surface area contributed by atoms with Crippen molar-refractivity contribution in [3.05, 3.63) is 0 Å². The van der Waals surface area contributed by atoms with Gasteiger partial charge in [-0.15, -0.1) is 0 Å². The lowest BCUT2D eigenvalue weighted by atomic mass is 10.2. The molecule has 2 unspecified atom stereocenters. The summed E-state index contributed by atoms with van der Waals surface area (Å²) in [6.45, 7) is 12.6. The van der Waals surface area contributed by atoms with Crippen LogP contribution in [0, 0.1) is 0 Å². The van der Waals surface area contributed by atoms with Crippen molar-refractivity contribution in [2.75, 3.05) is 32.7 Å². The van der Waals surface area contributed by atoms with Gasteiger partial charge in [0, 0.05) is 25.2 Å². The highest BCUT2D eigenvalue weighted by Crippen LogP contribution is 2.03. The smallest absolute Gasteiger partial charge is 0.0193 e. The van der Waals surface area contributed by atoms with E-state index in [1.165, 1.54) is 25.9 Å². The lowest BCUT2D eigenvalue weighted by Gasteiger charge is -2.24. The minimum atomic E-state index is 0.604. The predicted molar refractivity (Wildman–Crippen MR) is 66.3 cm³/mol. The molecule has 0 amide bonds. The first-order valence-corrected chi connectivity index (χ1v) is 6.45. The van der Waals surface area contributed by atoms with Crippen LogP contribution in [0.2, 0.25) is 0 Å². The Bertz CT molecular complexity index is 151. The molecule has 3 nitrogen and oxygen atoms in total. The Morgan fingerprint density at radius 1 is 1.40 bits per heavy atom. The Morgan fingerprint density at radius 2 is 2.13 bits per heavy atom. The molecular weight excluding hydrogens is 186 g/mol. The van der Waals surface area contributed by atoms with Crippen molar-refractivity contribution < 1.29 is 0 Å². The summed E-state index contributed by atoms with van der Waals surface area (Å²) in [5.74, 6) is 0. The molecule has 0 radical (unpaired) electrons. The average Bonchev–Trinajstić information content (AvgIpc) is 2.75. The monoisotopic (exact) mass is 213 g/mol. The van der Waals surface area contributed by atoms with Gasteiger partial charge in [0.25, 0.3) is 0 Å². The fourth-order valence-corrected chi connectivity index (χ4v) is 2.21. The summed E-state index contributed by atoms with van der Waals surface area (Å²) in [6, 6.07) is 1.32. The van der Waals surface area contributed by atoms with E-state index in [0.717, 1.165) is 19.6 Å². The van der Waals surface area contributed by atoms with Gasteiger partial charge in [0.2, 0.25) is 0 Å². The molecule has 1 fully saturated rings. The first-order chi connectivity index (χ1) is 7.26. The third-order valence-corrected chi connectivity index (χ3v) is 3.30. The normalized spacial score (nSPS) is 23.6. The first kappa shape index (κ1) is 12.9. The van der Waals surface area contributed by atoms with Crippen LogP contribution in [-0.2, 0) is 0 Å². The van der Waals surface area contributed by atoms with E-state index in [4.69, 9.17) is 0 Å². The average molecular weight is 213 g/mol. The summed E-state index contributed by atoms with van der Waals surface area (Å²) in [5.41, 5.74) is 0. The van der Waals surface area contributed by atoms with Crippen molar-refractivity contribution in [1.82, 2.24) is 15.5 Å². The molecule has 0 saturated carbocycles. The lowest BCUT2D eigenvalue weighted by molar-refractivity contribution is 0.268. The highest BCUT2D eigenvalue weighted by Gasteiger charge is 2.14.